The van der Waals surface area contributed by atoms with E-state index in [0.717, 1.165) is 44.9 Å². The lowest BCUT2D eigenvalue weighted by Gasteiger charge is -2.24. The van der Waals surface area contributed by atoms with Crippen molar-refractivity contribution in [3.8, 4) is 0 Å². The number of nitrogens with zero attached hydrogens (tertiary/aromatic N) is 1. The highest BCUT2D eigenvalue weighted by Crippen LogP contribution is 2.23. The van der Waals surface area contributed by atoms with Crippen LogP contribution in [0, 0.1) is 5.92 Å². The van der Waals surface area contributed by atoms with Crippen LogP contribution < -0.4 is 5.32 Å². The van der Waals surface area contributed by atoms with Crippen LogP contribution in [0.5, 0.6) is 0 Å². The van der Waals surface area contributed by atoms with Gasteiger partial charge in [0.25, 0.3) is 0 Å². The van der Waals surface area contributed by atoms with Crippen molar-refractivity contribution >= 4 is 15.9 Å². The molecule has 6 heteroatoms. The second-order valence-electron chi connectivity index (χ2n) is 7.15. The maximum atomic E-state index is 12.1. The van der Waals surface area contributed by atoms with E-state index in [1.807, 2.05) is 0 Å². The van der Waals surface area contributed by atoms with Gasteiger partial charge in [-0.15, -0.1) is 0 Å². The van der Waals surface area contributed by atoms with Gasteiger partial charge in [0.05, 0.1) is 6.26 Å². The molecule has 0 heterocycles. The second kappa shape index (κ2) is 9.56. The molecule has 0 saturated heterocycles. The molecule has 0 atom stereocenters. The third-order valence-corrected chi connectivity index (χ3v) is 6.48. The molecule has 138 valence electrons. The molecule has 0 aromatic rings. The Bertz CT molecular complexity index is 536. The lowest BCUT2D eigenvalue weighted by molar-refractivity contribution is -0.125. The smallest absolute Gasteiger partial charge is 0.223 e. The molecule has 2 aliphatic rings. The number of rotatable bonds is 8. The standard InChI is InChI=1S/C18H32N2O3S/c1-24(22,23)20(14-12-16-8-4-2-5-9-16)15-13-19-18(21)17-10-6-3-7-11-17/h8,17H,2-7,9-15H2,1H3,(H,19,21). The summed E-state index contributed by atoms with van der Waals surface area (Å²) >= 11 is 0. The number of hydrogen-bond acceptors (Lipinski definition) is 3. The molecule has 0 aromatic heterocycles. The van der Waals surface area contributed by atoms with Gasteiger partial charge in [0.2, 0.25) is 15.9 Å². The summed E-state index contributed by atoms with van der Waals surface area (Å²) in [5.74, 6) is 0.218. The van der Waals surface area contributed by atoms with E-state index in [4.69, 9.17) is 0 Å². The number of carbonyl (C=O) groups excluding carboxylic acids is 1. The third-order valence-electron chi connectivity index (χ3n) is 5.17. The van der Waals surface area contributed by atoms with Crippen molar-refractivity contribution in [2.75, 3.05) is 25.9 Å². The quantitative estimate of drug-likeness (QED) is 0.680. The molecule has 0 aliphatic heterocycles. The lowest BCUT2D eigenvalue weighted by Crippen LogP contribution is -2.40. The van der Waals surface area contributed by atoms with Gasteiger partial charge in [-0.2, -0.15) is 0 Å². The number of allylic oxidation sites excluding steroid dienone is 1. The van der Waals surface area contributed by atoms with Crippen molar-refractivity contribution < 1.29 is 13.2 Å². The summed E-state index contributed by atoms with van der Waals surface area (Å²) in [4.78, 5) is 12.1. The topological polar surface area (TPSA) is 66.5 Å². The highest BCUT2D eigenvalue weighted by Gasteiger charge is 2.22. The Kier molecular flexibility index (Phi) is 7.75. The lowest BCUT2D eigenvalue weighted by atomic mass is 9.89. The van der Waals surface area contributed by atoms with Gasteiger partial charge in [0.1, 0.15) is 0 Å². The minimum absolute atomic E-state index is 0.0955. The zero-order valence-corrected chi connectivity index (χ0v) is 15.7. The van der Waals surface area contributed by atoms with Crippen LogP contribution in [-0.2, 0) is 14.8 Å². The molecule has 1 saturated carbocycles. The van der Waals surface area contributed by atoms with Gasteiger partial charge in [-0.1, -0.05) is 30.9 Å². The third kappa shape index (κ3) is 6.55. The average Bonchev–Trinajstić information content (AvgIpc) is 2.58. The summed E-state index contributed by atoms with van der Waals surface area (Å²) in [6.45, 7) is 1.29. The Labute approximate surface area is 146 Å². The predicted octanol–water partition coefficient (Wildman–Crippen LogP) is 2.83. The Balaban J connectivity index is 1.76. The molecule has 0 spiro atoms. The summed E-state index contributed by atoms with van der Waals surface area (Å²) in [5, 5.41) is 2.93. The minimum atomic E-state index is -3.23. The number of amides is 1. The van der Waals surface area contributed by atoms with Crippen molar-refractivity contribution in [3.63, 3.8) is 0 Å². The number of carbonyl (C=O) groups is 1. The molecule has 0 unspecified atom stereocenters. The summed E-state index contributed by atoms with van der Waals surface area (Å²) in [6, 6.07) is 0. The summed E-state index contributed by atoms with van der Waals surface area (Å²) in [5.41, 5.74) is 1.38. The zero-order chi connectivity index (χ0) is 17.4. The van der Waals surface area contributed by atoms with Gasteiger partial charge in [0, 0.05) is 25.6 Å². The van der Waals surface area contributed by atoms with Gasteiger partial charge >= 0.3 is 0 Å². The molecule has 0 radical (unpaired) electrons. The normalized spacial score (nSPS) is 20.0. The molecule has 0 aromatic carbocycles. The summed E-state index contributed by atoms with van der Waals surface area (Å²) < 4.78 is 25.5. The van der Waals surface area contributed by atoms with Crippen LogP contribution in [0.15, 0.2) is 11.6 Å². The van der Waals surface area contributed by atoms with Crippen molar-refractivity contribution in [2.24, 2.45) is 5.92 Å². The van der Waals surface area contributed by atoms with E-state index in [-0.39, 0.29) is 11.8 Å². The van der Waals surface area contributed by atoms with E-state index in [2.05, 4.69) is 11.4 Å². The van der Waals surface area contributed by atoms with Gasteiger partial charge in [-0.25, -0.2) is 12.7 Å². The molecule has 24 heavy (non-hydrogen) atoms. The van der Waals surface area contributed by atoms with Crippen LogP contribution in [0.1, 0.15) is 64.2 Å². The van der Waals surface area contributed by atoms with Crippen molar-refractivity contribution in [1.29, 1.82) is 0 Å². The molecule has 0 bridgehead atoms. The second-order valence-corrected chi connectivity index (χ2v) is 9.13. The highest BCUT2D eigenvalue weighted by molar-refractivity contribution is 7.88. The van der Waals surface area contributed by atoms with Crippen LogP contribution in [0.3, 0.4) is 0 Å². The maximum Gasteiger partial charge on any atom is 0.223 e. The van der Waals surface area contributed by atoms with Crippen molar-refractivity contribution in [1.82, 2.24) is 9.62 Å². The molecule has 2 aliphatic carbocycles. The Morgan fingerprint density at radius 2 is 1.92 bits per heavy atom. The first kappa shape index (κ1) is 19.4. The van der Waals surface area contributed by atoms with E-state index >= 15 is 0 Å². The van der Waals surface area contributed by atoms with Crippen LogP contribution in [0.25, 0.3) is 0 Å². The highest BCUT2D eigenvalue weighted by atomic mass is 32.2. The molecule has 1 amide bonds. The van der Waals surface area contributed by atoms with E-state index in [1.165, 1.54) is 35.4 Å². The summed E-state index contributed by atoms with van der Waals surface area (Å²) in [7, 11) is -3.23. The fraction of sp³-hybridized carbons (Fsp3) is 0.833. The van der Waals surface area contributed by atoms with Crippen LogP contribution in [-0.4, -0.2) is 44.5 Å². The zero-order valence-electron chi connectivity index (χ0n) is 14.9. The van der Waals surface area contributed by atoms with Crippen molar-refractivity contribution in [3.05, 3.63) is 11.6 Å². The van der Waals surface area contributed by atoms with E-state index in [0.29, 0.717) is 19.6 Å². The molecular formula is C18H32N2O3S. The number of sulfonamides is 1. The molecule has 2 rings (SSSR count). The summed E-state index contributed by atoms with van der Waals surface area (Å²) in [6.07, 6.45) is 14.4. The van der Waals surface area contributed by atoms with Crippen LogP contribution in [0.4, 0.5) is 0 Å². The minimum Gasteiger partial charge on any atom is -0.355 e. The Morgan fingerprint density at radius 3 is 2.54 bits per heavy atom. The van der Waals surface area contributed by atoms with Gasteiger partial charge < -0.3 is 5.32 Å². The first-order chi connectivity index (χ1) is 11.5. The number of nitrogens with one attached hydrogen (secondary N) is 1. The SMILES string of the molecule is CS(=O)(=O)N(CCNC(=O)C1CCCCC1)CCC1=CCCCC1. The fourth-order valence-corrected chi connectivity index (χ4v) is 4.50. The average molecular weight is 357 g/mol. The Hall–Kier alpha value is -0.880. The van der Waals surface area contributed by atoms with Crippen molar-refractivity contribution in [2.45, 2.75) is 64.2 Å². The molecule has 1 fully saturated rings. The predicted molar refractivity (Wildman–Crippen MR) is 97.2 cm³/mol. The largest absolute Gasteiger partial charge is 0.355 e. The van der Waals surface area contributed by atoms with Crippen LogP contribution in [0.2, 0.25) is 0 Å². The van der Waals surface area contributed by atoms with Gasteiger partial charge in [-0.3, -0.25) is 4.79 Å². The first-order valence-corrected chi connectivity index (χ1v) is 11.2. The van der Waals surface area contributed by atoms with Crippen LogP contribution >= 0.6 is 0 Å². The number of hydrogen-bond donors (Lipinski definition) is 1. The van der Waals surface area contributed by atoms with Gasteiger partial charge in [0.15, 0.2) is 0 Å². The molecule has 1 N–H and O–H groups in total. The van der Waals surface area contributed by atoms with Gasteiger partial charge in [-0.05, 0) is 44.9 Å². The molecular weight excluding hydrogens is 324 g/mol. The fourth-order valence-electron chi connectivity index (χ4n) is 3.66. The first-order valence-electron chi connectivity index (χ1n) is 9.37. The maximum absolute atomic E-state index is 12.1. The molecule has 5 nitrogen and oxygen atoms in total. The Morgan fingerprint density at radius 1 is 1.17 bits per heavy atom. The monoisotopic (exact) mass is 356 g/mol. The van der Waals surface area contributed by atoms with E-state index in [1.54, 1.807) is 0 Å². The van der Waals surface area contributed by atoms with E-state index in [9.17, 15) is 13.2 Å². The van der Waals surface area contributed by atoms with E-state index < -0.39 is 10.0 Å².